The van der Waals surface area contributed by atoms with Crippen molar-refractivity contribution in [3.63, 3.8) is 0 Å². The maximum absolute atomic E-state index is 12.9. The zero-order valence-electron chi connectivity index (χ0n) is 13.6. The first-order valence-electron chi connectivity index (χ1n) is 8.28. The topological polar surface area (TPSA) is 59.2 Å². The molecule has 1 aliphatic heterocycles. The lowest BCUT2D eigenvalue weighted by molar-refractivity contribution is -0.140. The third-order valence-corrected chi connectivity index (χ3v) is 6.68. The number of alkyl halides is 3. The monoisotopic (exact) mass is 369 g/mol. The van der Waals surface area contributed by atoms with Gasteiger partial charge in [-0.3, -0.25) is 4.79 Å². The van der Waals surface area contributed by atoms with E-state index >= 15 is 0 Å². The van der Waals surface area contributed by atoms with Crippen LogP contribution in [-0.4, -0.2) is 34.9 Å². The second-order valence-corrected chi connectivity index (χ2v) is 7.98. The highest BCUT2D eigenvalue weighted by Gasteiger charge is 2.43. The van der Waals surface area contributed by atoms with E-state index in [-0.39, 0.29) is 16.8 Å². The molecule has 0 bridgehead atoms. The van der Waals surface area contributed by atoms with Gasteiger partial charge in [0, 0.05) is 24.5 Å². The Morgan fingerprint density at radius 1 is 1.32 bits per heavy atom. The molecule has 4 rings (SSSR count). The predicted octanol–water partition coefficient (Wildman–Crippen LogP) is 3.43. The summed E-state index contributed by atoms with van der Waals surface area (Å²) in [7, 11) is 0. The van der Waals surface area contributed by atoms with Crippen LogP contribution in [0.4, 0.5) is 13.2 Å². The van der Waals surface area contributed by atoms with Crippen LogP contribution in [-0.2, 0) is 6.18 Å². The number of nitrogens with zero attached hydrogens (tertiary/aromatic N) is 2. The van der Waals surface area contributed by atoms with Crippen molar-refractivity contribution >= 4 is 27.5 Å². The Labute approximate surface area is 146 Å². The fourth-order valence-electron chi connectivity index (χ4n) is 4.08. The number of hydrogen-bond acceptors (Lipinski definition) is 4. The van der Waals surface area contributed by atoms with Gasteiger partial charge in [-0.2, -0.15) is 13.2 Å². The molecule has 0 spiro atoms. The third kappa shape index (κ3) is 2.71. The number of amides is 1. The number of likely N-dealkylation sites (tertiary alicyclic amines) is 1. The quantitative estimate of drug-likeness (QED) is 0.838. The van der Waals surface area contributed by atoms with Crippen LogP contribution in [0.3, 0.4) is 0 Å². The molecule has 2 fully saturated rings. The Morgan fingerprint density at radius 2 is 2.08 bits per heavy atom. The first-order valence-corrected chi connectivity index (χ1v) is 9.09. The van der Waals surface area contributed by atoms with Crippen LogP contribution >= 0.6 is 11.3 Å². The number of hydrogen-bond donors (Lipinski definition) is 1. The number of thiophene rings is 1. The molecule has 1 amide bonds. The molecule has 0 aromatic carbocycles. The normalized spacial score (nSPS) is 26.4. The largest absolute Gasteiger partial charge is 0.433 e. The van der Waals surface area contributed by atoms with Crippen molar-refractivity contribution in [3.8, 4) is 0 Å². The molecule has 1 aliphatic carbocycles. The van der Waals surface area contributed by atoms with E-state index in [1.165, 1.54) is 6.07 Å². The van der Waals surface area contributed by atoms with Crippen LogP contribution in [0, 0.1) is 18.8 Å². The minimum Gasteiger partial charge on any atom is -0.337 e. The van der Waals surface area contributed by atoms with E-state index < -0.39 is 11.9 Å². The van der Waals surface area contributed by atoms with Gasteiger partial charge in [0.2, 0.25) is 0 Å². The average molecular weight is 369 g/mol. The van der Waals surface area contributed by atoms with Gasteiger partial charge in [-0.25, -0.2) is 4.98 Å². The van der Waals surface area contributed by atoms with Gasteiger partial charge in [-0.1, -0.05) is 0 Å². The number of pyridine rings is 1. The van der Waals surface area contributed by atoms with Crippen LogP contribution in [0.5, 0.6) is 0 Å². The number of carbonyl (C=O) groups is 1. The lowest BCUT2D eigenvalue weighted by Crippen LogP contribution is -2.33. The Morgan fingerprint density at radius 3 is 2.76 bits per heavy atom. The summed E-state index contributed by atoms with van der Waals surface area (Å²) < 4.78 is 38.6. The molecule has 0 radical (unpaired) electrons. The van der Waals surface area contributed by atoms with Crippen molar-refractivity contribution in [2.45, 2.75) is 32.0 Å². The fourth-order valence-corrected chi connectivity index (χ4v) is 5.23. The molecule has 1 saturated carbocycles. The summed E-state index contributed by atoms with van der Waals surface area (Å²) in [6.07, 6.45) is -2.44. The van der Waals surface area contributed by atoms with E-state index in [1.54, 1.807) is 11.8 Å². The van der Waals surface area contributed by atoms with Crippen LogP contribution < -0.4 is 5.73 Å². The number of rotatable bonds is 1. The molecule has 2 aliphatic rings. The summed E-state index contributed by atoms with van der Waals surface area (Å²) in [5, 5.41) is 0.609. The van der Waals surface area contributed by atoms with Crippen molar-refractivity contribution in [2.24, 2.45) is 17.6 Å². The Balaban J connectivity index is 1.65. The molecular formula is C17H18F3N3OS. The number of halogens is 3. The molecule has 25 heavy (non-hydrogen) atoms. The molecule has 8 heteroatoms. The Bertz CT molecular complexity index is 848. The maximum Gasteiger partial charge on any atom is 0.433 e. The van der Waals surface area contributed by atoms with Gasteiger partial charge in [0.05, 0.1) is 4.88 Å². The highest BCUT2D eigenvalue weighted by Crippen LogP contribution is 2.39. The molecule has 4 nitrogen and oxygen atoms in total. The van der Waals surface area contributed by atoms with Gasteiger partial charge < -0.3 is 10.6 Å². The van der Waals surface area contributed by atoms with Crippen LogP contribution in [0.25, 0.3) is 10.2 Å². The molecular weight excluding hydrogens is 351 g/mol. The highest BCUT2D eigenvalue weighted by molar-refractivity contribution is 7.20. The number of fused-ring (bicyclic) bond motifs is 2. The number of aryl methyl sites for hydroxylation is 1. The molecule has 3 atom stereocenters. The lowest BCUT2D eigenvalue weighted by atomic mass is 9.98. The number of aromatic nitrogens is 1. The fraction of sp³-hybridized carbons (Fsp3) is 0.529. The summed E-state index contributed by atoms with van der Waals surface area (Å²) in [5.41, 5.74) is 5.89. The van der Waals surface area contributed by atoms with Crippen LogP contribution in [0.2, 0.25) is 0 Å². The summed E-state index contributed by atoms with van der Waals surface area (Å²) in [5.74, 6) is 0.674. The number of carbonyl (C=O) groups excluding carboxylic acids is 1. The van der Waals surface area contributed by atoms with E-state index in [4.69, 9.17) is 5.73 Å². The van der Waals surface area contributed by atoms with Gasteiger partial charge in [0.15, 0.2) is 0 Å². The van der Waals surface area contributed by atoms with Crippen molar-refractivity contribution < 1.29 is 18.0 Å². The van der Waals surface area contributed by atoms with Gasteiger partial charge in [-0.15, -0.1) is 11.3 Å². The molecule has 2 N–H and O–H groups in total. The molecule has 3 heterocycles. The first-order chi connectivity index (χ1) is 11.8. The second kappa shape index (κ2) is 5.67. The first kappa shape index (κ1) is 16.8. The molecule has 2 aromatic rings. The van der Waals surface area contributed by atoms with Crippen molar-refractivity contribution in [3.05, 3.63) is 28.3 Å². The summed E-state index contributed by atoms with van der Waals surface area (Å²) in [6, 6.07) is 2.51. The average Bonchev–Trinajstić information content (AvgIpc) is 3.21. The highest BCUT2D eigenvalue weighted by atomic mass is 32.1. The van der Waals surface area contributed by atoms with Crippen molar-refractivity contribution in [1.82, 2.24) is 9.88 Å². The second-order valence-electron chi connectivity index (χ2n) is 6.98. The summed E-state index contributed by atoms with van der Waals surface area (Å²) >= 11 is 1.04. The zero-order chi connectivity index (χ0) is 17.9. The van der Waals surface area contributed by atoms with Crippen molar-refractivity contribution in [1.29, 1.82) is 0 Å². The summed E-state index contributed by atoms with van der Waals surface area (Å²) in [6.45, 7) is 3.09. The van der Waals surface area contributed by atoms with E-state index in [0.29, 0.717) is 40.8 Å². The Hall–Kier alpha value is -1.67. The molecule has 2 aromatic heterocycles. The van der Waals surface area contributed by atoms with Crippen LogP contribution in [0.15, 0.2) is 12.1 Å². The van der Waals surface area contributed by atoms with Gasteiger partial charge in [0.1, 0.15) is 10.5 Å². The standard InChI is InChI=1S/C17H18F3N3OS/c1-8-10-3-5-13(17(18,19)20)22-15(10)25-14(8)16(24)23-6-9-2-4-12(21)11(9)7-23/h3,5,9,11-12H,2,4,6-7,21H2,1H3. The summed E-state index contributed by atoms with van der Waals surface area (Å²) in [4.78, 5) is 19.2. The molecule has 3 unspecified atom stereocenters. The molecule has 134 valence electrons. The van der Waals surface area contributed by atoms with E-state index in [0.717, 1.165) is 30.2 Å². The predicted molar refractivity (Wildman–Crippen MR) is 89.5 cm³/mol. The minimum absolute atomic E-state index is 0.115. The third-order valence-electron chi connectivity index (χ3n) is 5.49. The zero-order valence-corrected chi connectivity index (χ0v) is 14.5. The van der Waals surface area contributed by atoms with E-state index in [1.807, 2.05) is 0 Å². The van der Waals surface area contributed by atoms with E-state index in [9.17, 15) is 18.0 Å². The van der Waals surface area contributed by atoms with E-state index in [2.05, 4.69) is 4.98 Å². The minimum atomic E-state index is -4.49. The van der Waals surface area contributed by atoms with Gasteiger partial charge in [-0.05, 0) is 49.3 Å². The lowest BCUT2D eigenvalue weighted by Gasteiger charge is -2.18. The van der Waals surface area contributed by atoms with Gasteiger partial charge >= 0.3 is 6.18 Å². The smallest absolute Gasteiger partial charge is 0.337 e. The number of nitrogens with two attached hydrogens (primary N) is 1. The van der Waals surface area contributed by atoms with Crippen molar-refractivity contribution in [2.75, 3.05) is 13.1 Å². The maximum atomic E-state index is 12.9. The van der Waals surface area contributed by atoms with Crippen LogP contribution in [0.1, 0.15) is 33.8 Å². The Kier molecular flexibility index (Phi) is 3.81. The molecule has 1 saturated heterocycles. The van der Waals surface area contributed by atoms with Gasteiger partial charge in [0.25, 0.3) is 5.91 Å². The SMILES string of the molecule is Cc1c(C(=O)N2CC3CCC(N)C3C2)sc2nc(C(F)(F)F)ccc12.